The van der Waals surface area contributed by atoms with E-state index in [2.05, 4.69) is 34.2 Å². The van der Waals surface area contributed by atoms with Crippen molar-refractivity contribution >= 4 is 22.6 Å². The number of aromatic nitrogens is 2. The van der Waals surface area contributed by atoms with Crippen LogP contribution in [-0.2, 0) is 6.54 Å². The van der Waals surface area contributed by atoms with Crippen molar-refractivity contribution in [2.75, 3.05) is 0 Å². The Morgan fingerprint density at radius 1 is 1.89 bits per heavy atom. The lowest BCUT2D eigenvalue weighted by atomic mass is 10.6. The molecule has 3 heteroatoms. The van der Waals surface area contributed by atoms with E-state index in [1.165, 1.54) is 0 Å². The zero-order chi connectivity index (χ0) is 6.69. The Morgan fingerprint density at radius 3 is 3.11 bits per heavy atom. The number of halogens is 1. The van der Waals surface area contributed by atoms with Gasteiger partial charge in [-0.3, -0.25) is 0 Å². The summed E-state index contributed by atoms with van der Waals surface area (Å²) in [5.41, 5.74) is 0. The SMILES string of the molecule is C=CCn1ccnc1I. The fraction of sp³-hybridized carbons (Fsp3) is 0.167. The van der Waals surface area contributed by atoms with Crippen LogP contribution < -0.4 is 0 Å². The fourth-order valence-electron chi connectivity index (χ4n) is 0.586. The second kappa shape index (κ2) is 3.00. The van der Waals surface area contributed by atoms with Gasteiger partial charge in [-0.25, -0.2) is 4.98 Å². The molecule has 0 radical (unpaired) electrons. The predicted molar refractivity (Wildman–Crippen MR) is 45.1 cm³/mol. The Balaban J connectivity index is 2.80. The third kappa shape index (κ3) is 1.54. The Labute approximate surface area is 67.7 Å². The van der Waals surface area contributed by atoms with Gasteiger partial charge in [-0.2, -0.15) is 0 Å². The smallest absolute Gasteiger partial charge is 0.171 e. The van der Waals surface area contributed by atoms with Gasteiger partial charge in [0.2, 0.25) is 0 Å². The molecule has 0 unspecified atom stereocenters. The molecule has 0 N–H and O–H groups in total. The van der Waals surface area contributed by atoms with E-state index in [1.54, 1.807) is 6.20 Å². The Morgan fingerprint density at radius 2 is 2.67 bits per heavy atom. The quantitative estimate of drug-likeness (QED) is 0.562. The van der Waals surface area contributed by atoms with E-state index in [4.69, 9.17) is 0 Å². The fourth-order valence-corrected chi connectivity index (χ4v) is 1.10. The summed E-state index contributed by atoms with van der Waals surface area (Å²) in [7, 11) is 0. The highest BCUT2D eigenvalue weighted by Gasteiger charge is 1.91. The van der Waals surface area contributed by atoms with Gasteiger partial charge >= 0.3 is 0 Å². The lowest BCUT2D eigenvalue weighted by Crippen LogP contribution is -1.94. The molecule has 1 rings (SSSR count). The highest BCUT2D eigenvalue weighted by Crippen LogP contribution is 2.00. The first-order valence-corrected chi connectivity index (χ1v) is 3.70. The van der Waals surface area contributed by atoms with Crippen LogP contribution in [0.5, 0.6) is 0 Å². The minimum Gasteiger partial charge on any atom is -0.323 e. The Hall–Kier alpha value is -0.320. The molecule has 1 aromatic heterocycles. The molecule has 0 aliphatic carbocycles. The molecule has 0 bridgehead atoms. The number of nitrogens with zero attached hydrogens (tertiary/aromatic N) is 2. The van der Waals surface area contributed by atoms with Gasteiger partial charge in [-0.1, -0.05) is 6.08 Å². The standard InChI is InChI=1S/C6H7IN2/c1-2-4-9-5-3-8-6(9)7/h2-3,5H,1,4H2. The van der Waals surface area contributed by atoms with Gasteiger partial charge in [-0.05, 0) is 22.6 Å². The van der Waals surface area contributed by atoms with E-state index in [-0.39, 0.29) is 0 Å². The topological polar surface area (TPSA) is 17.8 Å². The van der Waals surface area contributed by atoms with E-state index < -0.39 is 0 Å². The molecule has 0 aliphatic heterocycles. The monoisotopic (exact) mass is 234 g/mol. The van der Waals surface area contributed by atoms with Gasteiger partial charge < -0.3 is 4.57 Å². The molecule has 1 aromatic rings. The first-order chi connectivity index (χ1) is 4.34. The van der Waals surface area contributed by atoms with Crippen molar-refractivity contribution < 1.29 is 0 Å². The molecule has 2 nitrogen and oxygen atoms in total. The van der Waals surface area contributed by atoms with Crippen molar-refractivity contribution in [3.8, 4) is 0 Å². The average molecular weight is 234 g/mol. The van der Waals surface area contributed by atoms with Crippen molar-refractivity contribution in [1.29, 1.82) is 0 Å². The second-order valence-corrected chi connectivity index (χ2v) is 2.60. The Kier molecular flexibility index (Phi) is 2.27. The molecule has 1 heterocycles. The van der Waals surface area contributed by atoms with Crippen LogP contribution in [0.4, 0.5) is 0 Å². The third-order valence-electron chi connectivity index (χ3n) is 0.990. The zero-order valence-electron chi connectivity index (χ0n) is 4.92. The summed E-state index contributed by atoms with van der Waals surface area (Å²) < 4.78 is 3.03. The third-order valence-corrected chi connectivity index (χ3v) is 1.89. The van der Waals surface area contributed by atoms with E-state index >= 15 is 0 Å². The summed E-state index contributed by atoms with van der Waals surface area (Å²) in [5, 5.41) is 0. The number of rotatable bonds is 2. The summed E-state index contributed by atoms with van der Waals surface area (Å²) in [5.74, 6) is 0. The molecule has 0 saturated carbocycles. The summed E-state index contributed by atoms with van der Waals surface area (Å²) in [6, 6.07) is 0. The van der Waals surface area contributed by atoms with Crippen molar-refractivity contribution in [2.45, 2.75) is 6.54 Å². The largest absolute Gasteiger partial charge is 0.323 e. The molecule has 0 saturated heterocycles. The maximum atomic E-state index is 4.04. The van der Waals surface area contributed by atoms with Crippen LogP contribution in [0.15, 0.2) is 25.0 Å². The first-order valence-electron chi connectivity index (χ1n) is 2.62. The van der Waals surface area contributed by atoms with Crippen LogP contribution in [0, 0.1) is 3.83 Å². The molecular formula is C6H7IN2. The van der Waals surface area contributed by atoms with Crippen LogP contribution in [0.25, 0.3) is 0 Å². The van der Waals surface area contributed by atoms with E-state index in [1.807, 2.05) is 16.8 Å². The average Bonchev–Trinajstić information content (AvgIpc) is 2.18. The highest BCUT2D eigenvalue weighted by atomic mass is 127. The minimum absolute atomic E-state index is 0.846. The maximum absolute atomic E-state index is 4.04. The van der Waals surface area contributed by atoms with Gasteiger partial charge in [-0.15, -0.1) is 6.58 Å². The van der Waals surface area contributed by atoms with Gasteiger partial charge in [0.25, 0.3) is 0 Å². The Bertz CT molecular complexity index is 205. The number of hydrogen-bond donors (Lipinski definition) is 0. The lowest BCUT2D eigenvalue weighted by Gasteiger charge is -1.95. The number of hydrogen-bond acceptors (Lipinski definition) is 1. The summed E-state index contributed by atoms with van der Waals surface area (Å²) in [6.07, 6.45) is 5.57. The number of allylic oxidation sites excluding steroid dienone is 1. The van der Waals surface area contributed by atoms with E-state index in [0.717, 1.165) is 10.4 Å². The summed E-state index contributed by atoms with van der Waals surface area (Å²) in [4.78, 5) is 4.04. The molecule has 0 atom stereocenters. The molecule has 48 valence electrons. The second-order valence-electron chi connectivity index (χ2n) is 1.64. The van der Waals surface area contributed by atoms with Crippen LogP contribution in [0.2, 0.25) is 0 Å². The van der Waals surface area contributed by atoms with Crippen LogP contribution in [0.3, 0.4) is 0 Å². The van der Waals surface area contributed by atoms with Gasteiger partial charge in [0.05, 0.1) is 0 Å². The summed E-state index contributed by atoms with van der Waals surface area (Å²) in [6.45, 7) is 4.47. The summed E-state index contributed by atoms with van der Waals surface area (Å²) >= 11 is 2.18. The maximum Gasteiger partial charge on any atom is 0.171 e. The molecule has 0 amide bonds. The highest BCUT2D eigenvalue weighted by molar-refractivity contribution is 14.1. The van der Waals surface area contributed by atoms with Crippen LogP contribution >= 0.6 is 22.6 Å². The van der Waals surface area contributed by atoms with Crippen molar-refractivity contribution in [3.05, 3.63) is 28.9 Å². The molecular weight excluding hydrogens is 227 g/mol. The van der Waals surface area contributed by atoms with Gasteiger partial charge in [0.1, 0.15) is 0 Å². The predicted octanol–water partition coefficient (Wildman–Crippen LogP) is 1.67. The van der Waals surface area contributed by atoms with Crippen LogP contribution in [-0.4, -0.2) is 9.55 Å². The lowest BCUT2D eigenvalue weighted by molar-refractivity contribution is 0.794. The number of imidazole rings is 1. The van der Waals surface area contributed by atoms with Crippen molar-refractivity contribution in [2.24, 2.45) is 0 Å². The molecule has 0 spiro atoms. The minimum atomic E-state index is 0.846. The normalized spacial score (nSPS) is 9.44. The van der Waals surface area contributed by atoms with Gasteiger partial charge in [0.15, 0.2) is 3.83 Å². The zero-order valence-corrected chi connectivity index (χ0v) is 7.08. The van der Waals surface area contributed by atoms with E-state index in [0.29, 0.717) is 0 Å². The van der Waals surface area contributed by atoms with Crippen molar-refractivity contribution in [1.82, 2.24) is 9.55 Å². The molecule has 0 aliphatic rings. The molecule has 0 fully saturated rings. The molecule has 9 heavy (non-hydrogen) atoms. The van der Waals surface area contributed by atoms with Crippen LogP contribution in [0.1, 0.15) is 0 Å². The van der Waals surface area contributed by atoms with E-state index in [9.17, 15) is 0 Å². The van der Waals surface area contributed by atoms with Crippen molar-refractivity contribution in [3.63, 3.8) is 0 Å². The van der Waals surface area contributed by atoms with Gasteiger partial charge in [0, 0.05) is 18.9 Å². The first kappa shape index (κ1) is 6.80. The molecule has 0 aromatic carbocycles.